The molecule has 1 fully saturated rings. The van der Waals surface area contributed by atoms with Gasteiger partial charge in [-0.3, -0.25) is 0 Å². The summed E-state index contributed by atoms with van der Waals surface area (Å²) in [7, 11) is 0. The molecule has 226 valence electrons. The summed E-state index contributed by atoms with van der Waals surface area (Å²) < 4.78 is 41.0. The minimum absolute atomic E-state index is 0.0501. The smallest absolute Gasteiger partial charge is 0.494 e. The van der Waals surface area contributed by atoms with Crippen LogP contribution in [0.1, 0.15) is 63.4 Å². The predicted molar refractivity (Wildman–Crippen MR) is 162 cm³/mol. The first-order valence-electron chi connectivity index (χ1n) is 15.2. The third-order valence-electron chi connectivity index (χ3n) is 7.37. The second kappa shape index (κ2) is 17.3. The lowest BCUT2D eigenvalue weighted by Crippen LogP contribution is -2.31. The molecule has 0 unspecified atom stereocenters. The zero-order valence-corrected chi connectivity index (χ0v) is 24.7. The maximum Gasteiger partial charge on any atom is 0.508 e. The largest absolute Gasteiger partial charge is 0.508 e. The van der Waals surface area contributed by atoms with Gasteiger partial charge in [-0.25, -0.2) is 9.18 Å². The van der Waals surface area contributed by atoms with E-state index >= 15 is 0 Å². The van der Waals surface area contributed by atoms with Crippen molar-refractivity contribution < 1.29 is 32.9 Å². The van der Waals surface area contributed by atoms with Crippen molar-refractivity contribution in [3.05, 3.63) is 78.1 Å². The van der Waals surface area contributed by atoms with Gasteiger partial charge in [0.25, 0.3) is 0 Å². The van der Waals surface area contributed by atoms with Crippen molar-refractivity contribution in [3.8, 4) is 28.4 Å². The van der Waals surface area contributed by atoms with Gasteiger partial charge in [0, 0.05) is 0 Å². The van der Waals surface area contributed by atoms with E-state index in [9.17, 15) is 9.18 Å². The molecular weight excluding hydrogens is 535 g/mol. The molecule has 6 nitrogen and oxygen atoms in total. The monoisotopic (exact) mass is 578 g/mol. The van der Waals surface area contributed by atoms with Crippen LogP contribution in [-0.4, -0.2) is 39.2 Å². The summed E-state index contributed by atoms with van der Waals surface area (Å²) >= 11 is 0. The summed E-state index contributed by atoms with van der Waals surface area (Å²) in [5, 5.41) is 0. The zero-order valence-electron chi connectivity index (χ0n) is 24.7. The van der Waals surface area contributed by atoms with E-state index in [1.165, 1.54) is 44.9 Å². The average Bonchev–Trinajstić information content (AvgIpc) is 3.01. The second-order valence-corrected chi connectivity index (χ2v) is 10.9. The molecule has 0 aliphatic carbocycles. The van der Waals surface area contributed by atoms with Crippen LogP contribution in [0.5, 0.6) is 17.2 Å². The van der Waals surface area contributed by atoms with Crippen LogP contribution < -0.4 is 14.2 Å². The summed E-state index contributed by atoms with van der Waals surface area (Å²) in [6, 6.07) is 20.9. The van der Waals surface area contributed by atoms with Gasteiger partial charge in [0.1, 0.15) is 36.3 Å². The van der Waals surface area contributed by atoms with Crippen molar-refractivity contribution >= 4 is 6.16 Å². The number of carbonyl (C=O) groups excluding carboxylic acids is 1. The topological polar surface area (TPSA) is 63.2 Å². The Morgan fingerprint density at radius 3 is 1.62 bits per heavy atom. The molecular formula is C35H43FO6. The van der Waals surface area contributed by atoms with Gasteiger partial charge in [-0.1, -0.05) is 69.2 Å². The average molecular weight is 579 g/mol. The van der Waals surface area contributed by atoms with Crippen LogP contribution in [0.3, 0.4) is 0 Å². The first kappa shape index (κ1) is 31.2. The highest BCUT2D eigenvalue weighted by molar-refractivity contribution is 5.64. The van der Waals surface area contributed by atoms with E-state index in [1.54, 1.807) is 13.0 Å². The molecule has 7 heteroatoms. The highest BCUT2D eigenvalue weighted by Gasteiger charge is 2.21. The highest BCUT2D eigenvalue weighted by atomic mass is 19.1. The van der Waals surface area contributed by atoms with E-state index in [4.69, 9.17) is 23.7 Å². The number of cyclic esters (lactones) is 2. The van der Waals surface area contributed by atoms with Crippen LogP contribution >= 0.6 is 0 Å². The maximum atomic E-state index is 13.8. The molecule has 0 radical (unpaired) electrons. The van der Waals surface area contributed by atoms with Crippen LogP contribution in [0.2, 0.25) is 0 Å². The molecule has 0 amide bonds. The normalized spacial score (nSPS) is 13.3. The lowest BCUT2D eigenvalue weighted by atomic mass is 10.0. The molecule has 0 saturated carbocycles. The highest BCUT2D eigenvalue weighted by Crippen LogP contribution is 2.25. The van der Waals surface area contributed by atoms with Crippen molar-refractivity contribution in [1.29, 1.82) is 0 Å². The molecule has 0 spiro atoms. The Morgan fingerprint density at radius 2 is 1.10 bits per heavy atom. The van der Waals surface area contributed by atoms with Gasteiger partial charge in [-0.05, 0) is 78.9 Å². The number of hydrogen-bond donors (Lipinski definition) is 0. The third-order valence-corrected chi connectivity index (χ3v) is 7.37. The zero-order chi connectivity index (χ0) is 29.4. The molecule has 42 heavy (non-hydrogen) atoms. The maximum absolute atomic E-state index is 13.8. The summed E-state index contributed by atoms with van der Waals surface area (Å²) in [5.41, 5.74) is 2.53. The Bertz CT molecular complexity index is 1200. The van der Waals surface area contributed by atoms with Crippen molar-refractivity contribution in [2.75, 3.05) is 33.0 Å². The lowest BCUT2D eigenvalue weighted by molar-refractivity contribution is -0.0232. The van der Waals surface area contributed by atoms with Gasteiger partial charge in [0.15, 0.2) is 0 Å². The van der Waals surface area contributed by atoms with E-state index in [0.717, 1.165) is 54.4 Å². The fourth-order valence-electron chi connectivity index (χ4n) is 4.74. The molecule has 0 bridgehead atoms. The van der Waals surface area contributed by atoms with Crippen LogP contribution in [0.15, 0.2) is 66.7 Å². The standard InChI is InChI=1S/C35H43FO6/c1-27-11-12-30(23-34(27)36)29-13-15-31(16-14-29)38-21-9-7-5-3-2-4-6-8-10-22-39-32-17-19-33(20-18-32)40-24-28-25-41-35(37)42-26-28/h11-20,23,28H,2-10,21-22,24-26H2,1H3. The number of hydrogen-bond acceptors (Lipinski definition) is 6. The molecule has 1 heterocycles. The Morgan fingerprint density at radius 1 is 0.643 bits per heavy atom. The second-order valence-electron chi connectivity index (χ2n) is 10.9. The molecule has 1 saturated heterocycles. The predicted octanol–water partition coefficient (Wildman–Crippen LogP) is 8.93. The van der Waals surface area contributed by atoms with Crippen molar-refractivity contribution in [1.82, 2.24) is 0 Å². The van der Waals surface area contributed by atoms with Crippen LogP contribution in [0.25, 0.3) is 11.1 Å². The number of unbranched alkanes of at least 4 members (excludes halogenated alkanes) is 8. The van der Waals surface area contributed by atoms with E-state index in [2.05, 4.69) is 0 Å². The molecule has 0 atom stereocenters. The van der Waals surface area contributed by atoms with Gasteiger partial charge in [-0.2, -0.15) is 0 Å². The lowest BCUT2D eigenvalue weighted by Gasteiger charge is -2.21. The Hall–Kier alpha value is -3.74. The number of halogens is 1. The van der Waals surface area contributed by atoms with Crippen molar-refractivity contribution in [3.63, 3.8) is 0 Å². The minimum Gasteiger partial charge on any atom is -0.494 e. The van der Waals surface area contributed by atoms with Gasteiger partial charge in [-0.15, -0.1) is 0 Å². The summed E-state index contributed by atoms with van der Waals surface area (Å²) in [6.07, 6.45) is 10.2. The van der Waals surface area contributed by atoms with Gasteiger partial charge < -0.3 is 23.7 Å². The molecule has 4 rings (SSSR count). The third kappa shape index (κ3) is 10.9. The SMILES string of the molecule is Cc1ccc(-c2ccc(OCCCCCCCCCCCOc3ccc(OCC4COC(=O)OC4)cc3)cc2)cc1F. The Balaban J connectivity index is 0.940. The first-order valence-corrected chi connectivity index (χ1v) is 15.2. The quantitative estimate of drug-likeness (QED) is 0.111. The van der Waals surface area contributed by atoms with E-state index in [1.807, 2.05) is 60.7 Å². The van der Waals surface area contributed by atoms with Crippen molar-refractivity contribution in [2.24, 2.45) is 5.92 Å². The number of aryl methyl sites for hydroxylation is 1. The van der Waals surface area contributed by atoms with Gasteiger partial charge >= 0.3 is 6.16 Å². The molecule has 1 aliphatic heterocycles. The van der Waals surface area contributed by atoms with E-state index < -0.39 is 6.16 Å². The van der Waals surface area contributed by atoms with Gasteiger partial charge in [0.05, 0.1) is 25.7 Å². The molecule has 3 aromatic carbocycles. The molecule has 3 aromatic rings. The molecule has 0 aromatic heterocycles. The first-order chi connectivity index (χ1) is 20.6. The summed E-state index contributed by atoms with van der Waals surface area (Å²) in [4.78, 5) is 10.9. The van der Waals surface area contributed by atoms with E-state index in [0.29, 0.717) is 25.4 Å². The number of rotatable bonds is 18. The van der Waals surface area contributed by atoms with Gasteiger partial charge in [0.2, 0.25) is 0 Å². The fourth-order valence-corrected chi connectivity index (χ4v) is 4.74. The minimum atomic E-state index is -0.610. The van der Waals surface area contributed by atoms with E-state index in [-0.39, 0.29) is 11.7 Å². The Labute approximate surface area is 249 Å². The Kier molecular flexibility index (Phi) is 12.8. The number of ether oxygens (including phenoxy) is 5. The van der Waals surface area contributed by atoms with Crippen LogP contribution in [-0.2, 0) is 9.47 Å². The van der Waals surface area contributed by atoms with Crippen LogP contribution in [0, 0.1) is 18.7 Å². The molecule has 0 N–H and O–H groups in total. The number of benzene rings is 3. The number of carbonyl (C=O) groups is 1. The summed E-state index contributed by atoms with van der Waals surface area (Å²) in [6.45, 7) is 4.32. The van der Waals surface area contributed by atoms with Crippen molar-refractivity contribution in [2.45, 2.75) is 64.7 Å². The summed E-state index contributed by atoms with van der Waals surface area (Å²) in [5.74, 6) is 2.34. The van der Waals surface area contributed by atoms with Crippen LogP contribution in [0.4, 0.5) is 9.18 Å². The fraction of sp³-hybridized carbons (Fsp3) is 0.457. The molecule has 1 aliphatic rings.